The van der Waals surface area contributed by atoms with Gasteiger partial charge in [-0.3, -0.25) is 4.79 Å². The van der Waals surface area contributed by atoms with Gasteiger partial charge in [0, 0.05) is 23.6 Å². The highest BCUT2D eigenvalue weighted by atomic mass is 35.5. The highest BCUT2D eigenvalue weighted by Crippen LogP contribution is 2.18. The third-order valence-electron chi connectivity index (χ3n) is 4.01. The van der Waals surface area contributed by atoms with Crippen LogP contribution in [0.2, 0.25) is 5.02 Å². The minimum Gasteiger partial charge on any atom is -0.351 e. The Morgan fingerprint density at radius 3 is 2.75 bits per heavy atom. The zero-order chi connectivity index (χ0) is 19.3. The number of carbonyl (C=O) groups is 1. The van der Waals surface area contributed by atoms with Crippen molar-refractivity contribution in [1.82, 2.24) is 30.2 Å². The predicted octanol–water partition coefficient (Wildman–Crippen LogP) is 2.94. The van der Waals surface area contributed by atoms with Crippen molar-refractivity contribution < 1.29 is 9.32 Å². The average molecular weight is 395 g/mol. The van der Waals surface area contributed by atoms with Gasteiger partial charge in [-0.25, -0.2) is 9.67 Å². The summed E-state index contributed by atoms with van der Waals surface area (Å²) in [5.41, 5.74) is 1.96. The molecule has 0 fully saturated rings. The van der Waals surface area contributed by atoms with Gasteiger partial charge in [0.2, 0.25) is 11.7 Å². The number of amides is 1. The Kier molecular flexibility index (Phi) is 5.11. The molecule has 4 aromatic rings. The summed E-state index contributed by atoms with van der Waals surface area (Å²) in [5.74, 6) is 0.702. The molecule has 0 spiro atoms. The summed E-state index contributed by atoms with van der Waals surface area (Å²) in [6, 6.07) is 14.3. The molecule has 0 aliphatic carbocycles. The largest absolute Gasteiger partial charge is 0.351 e. The number of para-hydroxylation sites is 1. The van der Waals surface area contributed by atoms with Gasteiger partial charge in [0.25, 0.3) is 5.91 Å². The van der Waals surface area contributed by atoms with Gasteiger partial charge in [-0.05, 0) is 36.4 Å². The van der Waals surface area contributed by atoms with Crippen molar-refractivity contribution in [3.8, 4) is 17.1 Å². The maximum Gasteiger partial charge on any atom is 0.253 e. The molecule has 1 amide bonds. The van der Waals surface area contributed by atoms with Crippen LogP contribution >= 0.6 is 11.6 Å². The second kappa shape index (κ2) is 8.01. The summed E-state index contributed by atoms with van der Waals surface area (Å²) in [6.45, 7) is 0.354. The van der Waals surface area contributed by atoms with E-state index in [1.807, 2.05) is 18.2 Å². The highest BCUT2D eigenvalue weighted by molar-refractivity contribution is 6.30. The molecule has 140 valence electrons. The molecule has 4 rings (SSSR count). The van der Waals surface area contributed by atoms with Crippen LogP contribution in [0.3, 0.4) is 0 Å². The Bertz CT molecular complexity index is 1080. The molecule has 0 radical (unpaired) electrons. The van der Waals surface area contributed by atoms with E-state index in [1.54, 1.807) is 41.3 Å². The maximum absolute atomic E-state index is 12.6. The van der Waals surface area contributed by atoms with Crippen molar-refractivity contribution in [2.75, 3.05) is 6.54 Å². The first-order chi connectivity index (χ1) is 13.7. The molecule has 9 heteroatoms. The average Bonchev–Trinajstić information content (AvgIpc) is 3.41. The Morgan fingerprint density at radius 2 is 1.96 bits per heavy atom. The van der Waals surface area contributed by atoms with Gasteiger partial charge in [0.15, 0.2) is 0 Å². The Morgan fingerprint density at radius 1 is 1.14 bits per heavy atom. The van der Waals surface area contributed by atoms with Gasteiger partial charge >= 0.3 is 0 Å². The van der Waals surface area contributed by atoms with E-state index in [2.05, 4.69) is 25.5 Å². The van der Waals surface area contributed by atoms with Crippen LogP contribution in [0.4, 0.5) is 0 Å². The van der Waals surface area contributed by atoms with Crippen LogP contribution in [0, 0.1) is 0 Å². The van der Waals surface area contributed by atoms with Gasteiger partial charge in [-0.2, -0.15) is 10.1 Å². The van der Waals surface area contributed by atoms with Gasteiger partial charge in [-0.15, -0.1) is 0 Å². The summed E-state index contributed by atoms with van der Waals surface area (Å²) in [5, 5.41) is 11.5. The summed E-state index contributed by atoms with van der Waals surface area (Å²) in [4.78, 5) is 20.8. The zero-order valence-corrected chi connectivity index (χ0v) is 15.4. The van der Waals surface area contributed by atoms with Crippen LogP contribution in [0.15, 0.2) is 65.7 Å². The Labute approximate surface area is 165 Å². The first kappa shape index (κ1) is 17.9. The van der Waals surface area contributed by atoms with E-state index in [1.165, 1.54) is 6.33 Å². The van der Waals surface area contributed by atoms with Crippen LogP contribution < -0.4 is 5.32 Å². The molecule has 0 saturated carbocycles. The lowest BCUT2D eigenvalue weighted by Gasteiger charge is -2.09. The second-order valence-electron chi connectivity index (χ2n) is 5.88. The van der Waals surface area contributed by atoms with E-state index in [0.29, 0.717) is 41.0 Å². The predicted molar refractivity (Wildman–Crippen MR) is 102 cm³/mol. The molecule has 0 atom stereocenters. The molecule has 2 aromatic heterocycles. The van der Waals surface area contributed by atoms with Crippen molar-refractivity contribution >= 4 is 17.5 Å². The zero-order valence-electron chi connectivity index (χ0n) is 14.6. The third kappa shape index (κ3) is 3.91. The molecule has 8 nitrogen and oxygen atoms in total. The fraction of sp³-hybridized carbons (Fsp3) is 0.105. The SMILES string of the molecule is O=C(NCCc1nc(-c2ccc(Cl)cc2)no1)c1ccccc1-n1cncn1. The summed E-state index contributed by atoms with van der Waals surface area (Å²) >= 11 is 5.88. The molecule has 0 bridgehead atoms. The lowest BCUT2D eigenvalue weighted by molar-refractivity contribution is 0.0953. The number of carbonyl (C=O) groups excluding carboxylic acids is 1. The van der Waals surface area contributed by atoms with Crippen molar-refractivity contribution in [3.63, 3.8) is 0 Å². The van der Waals surface area contributed by atoms with E-state index in [-0.39, 0.29) is 5.91 Å². The van der Waals surface area contributed by atoms with Gasteiger partial charge < -0.3 is 9.84 Å². The molecule has 2 aromatic carbocycles. The van der Waals surface area contributed by atoms with Crippen molar-refractivity contribution in [2.24, 2.45) is 0 Å². The number of nitrogens with one attached hydrogen (secondary N) is 1. The first-order valence-corrected chi connectivity index (χ1v) is 8.89. The molecule has 0 saturated heterocycles. The topological polar surface area (TPSA) is 98.7 Å². The summed E-state index contributed by atoms with van der Waals surface area (Å²) < 4.78 is 6.80. The Balaban J connectivity index is 1.39. The normalized spacial score (nSPS) is 10.8. The summed E-state index contributed by atoms with van der Waals surface area (Å²) in [6.07, 6.45) is 3.38. The van der Waals surface area contributed by atoms with E-state index in [0.717, 1.165) is 5.56 Å². The van der Waals surface area contributed by atoms with E-state index in [9.17, 15) is 4.79 Å². The second-order valence-corrected chi connectivity index (χ2v) is 6.32. The maximum atomic E-state index is 12.6. The smallest absolute Gasteiger partial charge is 0.253 e. The minimum absolute atomic E-state index is 0.219. The lowest BCUT2D eigenvalue weighted by Crippen LogP contribution is -2.27. The number of nitrogens with zero attached hydrogens (tertiary/aromatic N) is 5. The quantitative estimate of drug-likeness (QED) is 0.539. The van der Waals surface area contributed by atoms with Crippen molar-refractivity contribution in [2.45, 2.75) is 6.42 Å². The number of hydrogen-bond donors (Lipinski definition) is 1. The number of aromatic nitrogens is 5. The van der Waals surface area contributed by atoms with E-state index < -0.39 is 0 Å². The molecule has 0 unspecified atom stereocenters. The van der Waals surface area contributed by atoms with Crippen LogP contribution in [-0.2, 0) is 6.42 Å². The van der Waals surface area contributed by atoms with E-state index >= 15 is 0 Å². The summed E-state index contributed by atoms with van der Waals surface area (Å²) in [7, 11) is 0. The van der Waals surface area contributed by atoms with Crippen LogP contribution in [-0.4, -0.2) is 37.4 Å². The molecule has 2 heterocycles. The van der Waals surface area contributed by atoms with E-state index in [4.69, 9.17) is 16.1 Å². The van der Waals surface area contributed by atoms with Gasteiger partial charge in [0.1, 0.15) is 12.7 Å². The first-order valence-electron chi connectivity index (χ1n) is 8.51. The molecule has 1 N–H and O–H groups in total. The Hall–Kier alpha value is -3.52. The van der Waals surface area contributed by atoms with Crippen LogP contribution in [0.1, 0.15) is 16.2 Å². The number of benzene rings is 2. The minimum atomic E-state index is -0.219. The molecule has 0 aliphatic rings. The van der Waals surface area contributed by atoms with Crippen LogP contribution in [0.25, 0.3) is 17.1 Å². The monoisotopic (exact) mass is 394 g/mol. The van der Waals surface area contributed by atoms with Gasteiger partial charge in [0.05, 0.1) is 11.3 Å². The lowest BCUT2D eigenvalue weighted by atomic mass is 10.1. The van der Waals surface area contributed by atoms with Crippen molar-refractivity contribution in [1.29, 1.82) is 0 Å². The fourth-order valence-electron chi connectivity index (χ4n) is 2.65. The third-order valence-corrected chi connectivity index (χ3v) is 4.26. The number of halogens is 1. The molecular weight excluding hydrogens is 380 g/mol. The van der Waals surface area contributed by atoms with Crippen molar-refractivity contribution in [3.05, 3.63) is 77.7 Å². The fourth-order valence-corrected chi connectivity index (χ4v) is 2.77. The van der Waals surface area contributed by atoms with Crippen LogP contribution in [0.5, 0.6) is 0 Å². The number of hydrogen-bond acceptors (Lipinski definition) is 6. The molecule has 28 heavy (non-hydrogen) atoms. The molecule has 0 aliphatic heterocycles. The molecular formula is C19H15ClN6O2. The standard InChI is InChI=1S/C19H15ClN6O2/c20-14-7-5-13(6-8-14)18-24-17(28-25-18)9-10-22-19(27)15-3-1-2-4-16(15)26-12-21-11-23-26/h1-8,11-12H,9-10H2,(H,22,27). The van der Waals surface area contributed by atoms with Gasteiger partial charge in [-0.1, -0.05) is 28.9 Å². The number of rotatable bonds is 6. The highest BCUT2D eigenvalue weighted by Gasteiger charge is 2.13.